The molecule has 2 atom stereocenters. The zero-order valence-corrected chi connectivity index (χ0v) is 11.1. The molecule has 0 aliphatic heterocycles. The largest absolute Gasteiger partial charge is 0.327 e. The second-order valence-corrected chi connectivity index (χ2v) is 4.63. The SMILES string of the molecule is CC(/C=C/NN(C)C)NCC1CC=C(F)C=C1F. The third-order valence-corrected chi connectivity index (χ3v) is 2.67. The lowest BCUT2D eigenvalue weighted by atomic mass is 9.98. The Morgan fingerprint density at radius 2 is 2.22 bits per heavy atom. The standard InChI is InChI=1S/C13H21F2N3/c1-10(6-7-17-18(2)3)16-9-11-4-5-12(14)8-13(11)15/h5-8,10-11,16-17H,4,9H2,1-3H3/b7-6+. The highest BCUT2D eigenvalue weighted by molar-refractivity contribution is 5.21. The summed E-state index contributed by atoms with van der Waals surface area (Å²) in [5.41, 5.74) is 3.00. The van der Waals surface area contributed by atoms with Gasteiger partial charge in [-0.25, -0.2) is 13.8 Å². The molecule has 1 aliphatic carbocycles. The van der Waals surface area contributed by atoms with Crippen LogP contribution in [0.4, 0.5) is 8.78 Å². The van der Waals surface area contributed by atoms with Crippen LogP contribution in [0.1, 0.15) is 13.3 Å². The van der Waals surface area contributed by atoms with Crippen molar-refractivity contribution in [2.24, 2.45) is 5.92 Å². The van der Waals surface area contributed by atoms with Crippen LogP contribution >= 0.6 is 0 Å². The molecule has 0 bridgehead atoms. The van der Waals surface area contributed by atoms with Gasteiger partial charge in [0.15, 0.2) is 0 Å². The first-order valence-corrected chi connectivity index (χ1v) is 6.05. The average Bonchev–Trinajstić information content (AvgIpc) is 2.27. The van der Waals surface area contributed by atoms with E-state index in [0.29, 0.717) is 13.0 Å². The van der Waals surface area contributed by atoms with E-state index < -0.39 is 5.83 Å². The van der Waals surface area contributed by atoms with Gasteiger partial charge in [0.25, 0.3) is 0 Å². The minimum absolute atomic E-state index is 0.126. The van der Waals surface area contributed by atoms with Crippen LogP contribution in [0.25, 0.3) is 0 Å². The predicted molar refractivity (Wildman–Crippen MR) is 69.9 cm³/mol. The van der Waals surface area contributed by atoms with Gasteiger partial charge in [-0.2, -0.15) is 0 Å². The maximum Gasteiger partial charge on any atom is 0.121 e. The molecule has 102 valence electrons. The summed E-state index contributed by atoms with van der Waals surface area (Å²) in [6.45, 7) is 2.48. The first-order valence-electron chi connectivity index (χ1n) is 6.05. The van der Waals surface area contributed by atoms with Crippen LogP contribution in [0.2, 0.25) is 0 Å². The molecular formula is C13H21F2N3. The summed E-state index contributed by atoms with van der Waals surface area (Å²) >= 11 is 0. The zero-order valence-electron chi connectivity index (χ0n) is 11.1. The quantitative estimate of drug-likeness (QED) is 0.715. The fourth-order valence-corrected chi connectivity index (χ4v) is 1.59. The van der Waals surface area contributed by atoms with Gasteiger partial charge in [0.05, 0.1) is 0 Å². The number of hydrogen-bond donors (Lipinski definition) is 2. The van der Waals surface area contributed by atoms with E-state index in [1.807, 2.05) is 38.3 Å². The van der Waals surface area contributed by atoms with E-state index in [4.69, 9.17) is 0 Å². The number of hydrazine groups is 1. The number of hydrogen-bond acceptors (Lipinski definition) is 3. The Hall–Kier alpha value is -1.20. The van der Waals surface area contributed by atoms with Gasteiger partial charge in [-0.05, 0) is 19.4 Å². The second kappa shape index (κ2) is 7.28. The van der Waals surface area contributed by atoms with E-state index in [0.717, 1.165) is 6.08 Å². The molecule has 0 amide bonds. The van der Waals surface area contributed by atoms with Crippen molar-refractivity contribution < 1.29 is 8.78 Å². The molecule has 2 N–H and O–H groups in total. The Balaban J connectivity index is 2.29. The van der Waals surface area contributed by atoms with Gasteiger partial charge in [-0.3, -0.25) is 0 Å². The van der Waals surface area contributed by atoms with Crippen LogP contribution in [0.15, 0.2) is 36.1 Å². The third-order valence-electron chi connectivity index (χ3n) is 2.67. The average molecular weight is 257 g/mol. The summed E-state index contributed by atoms with van der Waals surface area (Å²) in [5, 5.41) is 5.01. The van der Waals surface area contributed by atoms with Crippen LogP contribution in [-0.4, -0.2) is 31.7 Å². The first-order chi connectivity index (χ1) is 8.49. The van der Waals surface area contributed by atoms with E-state index in [2.05, 4.69) is 10.7 Å². The van der Waals surface area contributed by atoms with Crippen LogP contribution in [0.3, 0.4) is 0 Å². The van der Waals surface area contributed by atoms with E-state index >= 15 is 0 Å². The van der Waals surface area contributed by atoms with Gasteiger partial charge in [-0.1, -0.05) is 6.08 Å². The molecule has 0 fully saturated rings. The molecule has 0 heterocycles. The van der Waals surface area contributed by atoms with E-state index in [1.54, 1.807) is 0 Å². The Morgan fingerprint density at radius 3 is 2.83 bits per heavy atom. The van der Waals surface area contributed by atoms with Crippen molar-refractivity contribution in [1.29, 1.82) is 0 Å². The maximum atomic E-state index is 13.4. The Bertz CT molecular complexity index is 348. The summed E-state index contributed by atoms with van der Waals surface area (Å²) in [4.78, 5) is 0. The van der Waals surface area contributed by atoms with Crippen molar-refractivity contribution in [3.8, 4) is 0 Å². The Kier molecular flexibility index (Phi) is 6.01. The van der Waals surface area contributed by atoms with Gasteiger partial charge in [0.1, 0.15) is 11.7 Å². The van der Waals surface area contributed by atoms with Gasteiger partial charge in [0, 0.05) is 44.9 Å². The van der Waals surface area contributed by atoms with Crippen molar-refractivity contribution in [2.75, 3.05) is 20.6 Å². The molecule has 0 aromatic heterocycles. The minimum atomic E-state index is -0.480. The van der Waals surface area contributed by atoms with Crippen molar-refractivity contribution in [1.82, 2.24) is 15.8 Å². The van der Waals surface area contributed by atoms with Gasteiger partial charge >= 0.3 is 0 Å². The summed E-state index contributed by atoms with van der Waals surface area (Å²) < 4.78 is 26.2. The number of nitrogens with one attached hydrogen (secondary N) is 2. The maximum absolute atomic E-state index is 13.4. The van der Waals surface area contributed by atoms with Crippen LogP contribution < -0.4 is 10.7 Å². The van der Waals surface area contributed by atoms with Crippen molar-refractivity contribution >= 4 is 0 Å². The van der Waals surface area contributed by atoms with Crippen LogP contribution in [0.5, 0.6) is 0 Å². The topological polar surface area (TPSA) is 27.3 Å². The van der Waals surface area contributed by atoms with E-state index in [1.165, 1.54) is 6.08 Å². The summed E-state index contributed by atoms with van der Waals surface area (Å²) in [7, 11) is 3.79. The molecular weight excluding hydrogens is 236 g/mol. The fourth-order valence-electron chi connectivity index (χ4n) is 1.59. The van der Waals surface area contributed by atoms with Gasteiger partial charge < -0.3 is 10.7 Å². The predicted octanol–water partition coefficient (Wildman–Crippen LogP) is 2.27. The molecule has 0 saturated heterocycles. The number of rotatable bonds is 6. The summed E-state index contributed by atoms with van der Waals surface area (Å²) in [6.07, 6.45) is 6.56. The molecule has 0 spiro atoms. The highest BCUT2D eigenvalue weighted by Crippen LogP contribution is 2.24. The lowest BCUT2D eigenvalue weighted by molar-refractivity contribution is 0.341. The minimum Gasteiger partial charge on any atom is -0.327 e. The molecule has 18 heavy (non-hydrogen) atoms. The molecule has 3 nitrogen and oxygen atoms in total. The molecule has 0 saturated carbocycles. The molecule has 0 aromatic rings. The van der Waals surface area contributed by atoms with Crippen molar-refractivity contribution in [3.05, 3.63) is 36.1 Å². The normalized spacial score (nSPS) is 22.0. The molecule has 5 heteroatoms. The van der Waals surface area contributed by atoms with Crippen molar-refractivity contribution in [3.63, 3.8) is 0 Å². The fraction of sp³-hybridized carbons (Fsp3) is 0.538. The molecule has 1 aliphatic rings. The molecule has 1 rings (SSSR count). The second-order valence-electron chi connectivity index (χ2n) is 4.63. The first kappa shape index (κ1) is 14.9. The Morgan fingerprint density at radius 1 is 1.50 bits per heavy atom. The number of halogens is 2. The highest BCUT2D eigenvalue weighted by Gasteiger charge is 2.18. The third kappa shape index (κ3) is 5.42. The Labute approximate surface area is 107 Å². The monoisotopic (exact) mass is 257 g/mol. The van der Waals surface area contributed by atoms with Crippen molar-refractivity contribution in [2.45, 2.75) is 19.4 Å². The van der Waals surface area contributed by atoms with E-state index in [-0.39, 0.29) is 17.8 Å². The van der Waals surface area contributed by atoms with Gasteiger partial charge in [0.2, 0.25) is 0 Å². The summed E-state index contributed by atoms with van der Waals surface area (Å²) in [6, 6.07) is 0.126. The lowest BCUT2D eigenvalue weighted by Crippen LogP contribution is -2.31. The zero-order chi connectivity index (χ0) is 13.5. The smallest absolute Gasteiger partial charge is 0.121 e. The summed E-state index contributed by atoms with van der Waals surface area (Å²) in [5.74, 6) is -1.13. The molecule has 0 radical (unpaired) electrons. The number of nitrogens with zero attached hydrogens (tertiary/aromatic N) is 1. The van der Waals surface area contributed by atoms with Gasteiger partial charge in [-0.15, -0.1) is 0 Å². The lowest BCUT2D eigenvalue weighted by Gasteiger charge is -2.19. The molecule has 0 aromatic carbocycles. The molecule has 2 unspecified atom stereocenters. The highest BCUT2D eigenvalue weighted by atomic mass is 19.1. The van der Waals surface area contributed by atoms with Crippen LogP contribution in [-0.2, 0) is 0 Å². The van der Waals surface area contributed by atoms with Crippen LogP contribution in [0, 0.1) is 5.92 Å². The van der Waals surface area contributed by atoms with E-state index in [9.17, 15) is 8.78 Å². The number of allylic oxidation sites excluding steroid dienone is 3.